The van der Waals surface area contributed by atoms with Gasteiger partial charge in [-0.05, 0) is 19.4 Å². The highest BCUT2D eigenvalue weighted by atomic mass is 32.2. The van der Waals surface area contributed by atoms with E-state index in [1.54, 1.807) is 19.4 Å². The smallest absolute Gasteiger partial charge is 0.257 e. The van der Waals surface area contributed by atoms with Gasteiger partial charge in [0.05, 0.1) is 22.7 Å². The Morgan fingerprint density at radius 1 is 1.61 bits per heavy atom. The number of nitrogens with zero attached hydrogens (tertiary/aromatic N) is 1. The van der Waals surface area contributed by atoms with E-state index in [1.165, 1.54) is 0 Å². The summed E-state index contributed by atoms with van der Waals surface area (Å²) in [4.78, 5) is 14.1. The highest BCUT2D eigenvalue weighted by molar-refractivity contribution is 8.01. The third-order valence-corrected chi connectivity index (χ3v) is 5.42. The van der Waals surface area contributed by atoms with Crippen molar-refractivity contribution in [3.63, 3.8) is 0 Å². The van der Waals surface area contributed by atoms with Gasteiger partial charge in [-0.25, -0.2) is 0 Å². The average molecular weight is 267 g/mol. The van der Waals surface area contributed by atoms with Gasteiger partial charge in [0, 0.05) is 26.0 Å². The van der Waals surface area contributed by atoms with Crippen molar-refractivity contribution in [2.24, 2.45) is 0 Å². The van der Waals surface area contributed by atoms with Crippen LogP contribution in [0.2, 0.25) is 0 Å². The highest BCUT2D eigenvalue weighted by Crippen LogP contribution is 2.46. The van der Waals surface area contributed by atoms with E-state index in [1.807, 2.05) is 23.6 Å². The second-order valence-corrected chi connectivity index (χ2v) is 6.60. The lowest BCUT2D eigenvalue weighted by atomic mass is 9.92. The number of amides is 1. The zero-order chi connectivity index (χ0) is 12.8. The highest BCUT2D eigenvalue weighted by Gasteiger charge is 2.51. The first-order valence-corrected chi connectivity index (χ1v) is 7.12. The summed E-state index contributed by atoms with van der Waals surface area (Å²) in [5.74, 6) is 1.84. The lowest BCUT2D eigenvalue weighted by molar-refractivity contribution is 0.0450. The first-order valence-electron chi connectivity index (χ1n) is 6.14. The molecule has 98 valence electrons. The Balaban J connectivity index is 1.63. The number of hydrogen-bond donors (Lipinski definition) is 0. The van der Waals surface area contributed by atoms with Crippen molar-refractivity contribution in [1.82, 2.24) is 4.90 Å². The van der Waals surface area contributed by atoms with Crippen LogP contribution in [0.5, 0.6) is 0 Å². The normalized spacial score (nSPS) is 25.4. The second-order valence-electron chi connectivity index (χ2n) is 5.11. The fourth-order valence-corrected chi connectivity index (χ4v) is 4.34. The number of hydrogen-bond acceptors (Lipinski definition) is 4. The summed E-state index contributed by atoms with van der Waals surface area (Å²) in [6.45, 7) is 3.50. The molecule has 18 heavy (non-hydrogen) atoms. The molecule has 2 aliphatic heterocycles. The van der Waals surface area contributed by atoms with E-state index in [9.17, 15) is 4.79 Å². The molecule has 0 bridgehead atoms. The summed E-state index contributed by atoms with van der Waals surface area (Å²) >= 11 is 1.94. The lowest BCUT2D eigenvalue weighted by Gasteiger charge is -2.47. The monoisotopic (exact) mass is 267 g/mol. The van der Waals surface area contributed by atoms with Crippen LogP contribution in [-0.4, -0.2) is 47.6 Å². The van der Waals surface area contributed by atoms with Crippen LogP contribution in [0.4, 0.5) is 0 Å². The minimum absolute atomic E-state index is 0.0911. The van der Waals surface area contributed by atoms with E-state index in [2.05, 4.69) is 0 Å². The van der Waals surface area contributed by atoms with Crippen molar-refractivity contribution < 1.29 is 13.9 Å². The van der Waals surface area contributed by atoms with Crippen LogP contribution in [-0.2, 0) is 4.74 Å². The SMILES string of the molecule is CO[C@@H]1CSC2(C1)CN(C(=O)c1ccoc1C)C2. The summed E-state index contributed by atoms with van der Waals surface area (Å²) in [6, 6.07) is 1.75. The standard InChI is InChI=1S/C13H17NO3S/c1-9-11(3-4-17-9)12(15)14-7-13(8-14)5-10(16-2)6-18-13/h3-4,10H,5-8H2,1-2H3/t10-/m0/s1. The van der Waals surface area contributed by atoms with E-state index in [0.29, 0.717) is 17.4 Å². The summed E-state index contributed by atoms with van der Waals surface area (Å²) < 4.78 is 10.8. The van der Waals surface area contributed by atoms with Gasteiger partial charge in [-0.2, -0.15) is 0 Å². The number of carbonyl (C=O) groups excluding carboxylic acids is 1. The zero-order valence-electron chi connectivity index (χ0n) is 10.6. The Morgan fingerprint density at radius 3 is 2.94 bits per heavy atom. The molecule has 2 saturated heterocycles. The lowest BCUT2D eigenvalue weighted by Crippen LogP contribution is -2.60. The summed E-state index contributed by atoms with van der Waals surface area (Å²) in [6.07, 6.45) is 2.98. The first kappa shape index (κ1) is 12.1. The van der Waals surface area contributed by atoms with Gasteiger partial charge in [-0.1, -0.05) is 0 Å². The zero-order valence-corrected chi connectivity index (χ0v) is 11.5. The molecule has 2 aliphatic rings. The van der Waals surface area contributed by atoms with E-state index in [-0.39, 0.29) is 10.7 Å². The summed E-state index contributed by atoms with van der Waals surface area (Å²) in [5.41, 5.74) is 0.691. The van der Waals surface area contributed by atoms with Crippen LogP contribution in [0.3, 0.4) is 0 Å². The van der Waals surface area contributed by atoms with Crippen LogP contribution >= 0.6 is 11.8 Å². The predicted octanol–water partition coefficient (Wildman–Crippen LogP) is 1.93. The molecule has 0 aromatic carbocycles. The number of thioether (sulfide) groups is 1. The molecule has 3 rings (SSSR count). The number of likely N-dealkylation sites (tertiary alicyclic amines) is 1. The van der Waals surface area contributed by atoms with Crippen LogP contribution in [0.1, 0.15) is 22.5 Å². The largest absolute Gasteiger partial charge is 0.469 e. The Hall–Kier alpha value is -0.940. The number of ether oxygens (including phenoxy) is 1. The van der Waals surface area contributed by atoms with Crippen LogP contribution in [0.15, 0.2) is 16.7 Å². The quantitative estimate of drug-likeness (QED) is 0.821. The van der Waals surface area contributed by atoms with E-state index >= 15 is 0 Å². The Morgan fingerprint density at radius 2 is 2.39 bits per heavy atom. The summed E-state index contributed by atoms with van der Waals surface area (Å²) in [5, 5.41) is 0. The van der Waals surface area contributed by atoms with Crippen LogP contribution < -0.4 is 0 Å². The van der Waals surface area contributed by atoms with Crippen molar-refractivity contribution >= 4 is 17.7 Å². The molecule has 0 aliphatic carbocycles. The van der Waals surface area contributed by atoms with Gasteiger partial charge in [0.1, 0.15) is 5.76 Å². The summed E-state index contributed by atoms with van der Waals surface area (Å²) in [7, 11) is 1.76. The molecule has 2 fully saturated rings. The minimum Gasteiger partial charge on any atom is -0.469 e. The van der Waals surface area contributed by atoms with Crippen LogP contribution in [0, 0.1) is 6.92 Å². The molecule has 0 unspecified atom stereocenters. The van der Waals surface area contributed by atoms with E-state index in [4.69, 9.17) is 9.15 Å². The number of furan rings is 1. The molecule has 0 N–H and O–H groups in total. The third-order valence-electron chi connectivity index (χ3n) is 3.84. The van der Waals surface area contributed by atoms with Crippen molar-refractivity contribution in [2.45, 2.75) is 24.2 Å². The maximum absolute atomic E-state index is 12.2. The molecule has 0 radical (unpaired) electrons. The number of aryl methyl sites for hydroxylation is 1. The number of methoxy groups -OCH3 is 1. The molecule has 1 atom stereocenters. The minimum atomic E-state index is 0.0911. The predicted molar refractivity (Wildman–Crippen MR) is 70.0 cm³/mol. The average Bonchev–Trinajstić information content (AvgIpc) is 2.92. The molecule has 5 heteroatoms. The topological polar surface area (TPSA) is 42.7 Å². The van der Waals surface area contributed by atoms with Crippen LogP contribution in [0.25, 0.3) is 0 Å². The van der Waals surface area contributed by atoms with Gasteiger partial charge in [0.15, 0.2) is 0 Å². The molecule has 1 amide bonds. The molecular weight excluding hydrogens is 250 g/mol. The molecule has 1 aromatic rings. The van der Waals surface area contributed by atoms with Crippen molar-refractivity contribution in [1.29, 1.82) is 0 Å². The third kappa shape index (κ3) is 1.86. The van der Waals surface area contributed by atoms with Crippen molar-refractivity contribution in [3.05, 3.63) is 23.7 Å². The van der Waals surface area contributed by atoms with Gasteiger partial charge in [-0.15, -0.1) is 11.8 Å². The fraction of sp³-hybridized carbons (Fsp3) is 0.615. The fourth-order valence-electron chi connectivity index (χ4n) is 2.74. The molecular formula is C13H17NO3S. The Bertz CT molecular complexity index is 465. The molecule has 1 aromatic heterocycles. The van der Waals surface area contributed by atoms with Gasteiger partial charge in [-0.3, -0.25) is 4.79 Å². The van der Waals surface area contributed by atoms with Crippen molar-refractivity contribution in [3.8, 4) is 0 Å². The molecule has 0 saturated carbocycles. The van der Waals surface area contributed by atoms with Gasteiger partial charge < -0.3 is 14.1 Å². The van der Waals surface area contributed by atoms with E-state index < -0.39 is 0 Å². The first-order chi connectivity index (χ1) is 8.63. The maximum Gasteiger partial charge on any atom is 0.257 e. The van der Waals surface area contributed by atoms with Gasteiger partial charge >= 0.3 is 0 Å². The number of rotatable bonds is 2. The molecule has 4 nitrogen and oxygen atoms in total. The van der Waals surface area contributed by atoms with Gasteiger partial charge in [0.25, 0.3) is 5.91 Å². The Labute approximate surface area is 111 Å². The van der Waals surface area contributed by atoms with Gasteiger partial charge in [0.2, 0.25) is 0 Å². The van der Waals surface area contributed by atoms with Crippen molar-refractivity contribution in [2.75, 3.05) is 26.0 Å². The molecule has 1 spiro atoms. The second kappa shape index (κ2) is 4.31. The number of carbonyl (C=O) groups is 1. The molecule has 3 heterocycles. The Kier molecular flexibility index (Phi) is 2.90. The van der Waals surface area contributed by atoms with E-state index in [0.717, 1.165) is 25.3 Å². The maximum atomic E-state index is 12.2.